The number of carbonyl (C=O) groups excluding carboxylic acids is 3. The molecule has 2 aliphatic rings. The molecule has 10 nitrogen and oxygen atoms in total. The maximum absolute atomic E-state index is 13.5. The number of aliphatic hydroxyl groups is 1. The van der Waals surface area contributed by atoms with Crippen molar-refractivity contribution in [2.24, 2.45) is 5.92 Å². The Morgan fingerprint density at radius 2 is 1.71 bits per heavy atom. The quantitative estimate of drug-likeness (QED) is 0.322. The van der Waals surface area contributed by atoms with Gasteiger partial charge in [-0.2, -0.15) is 13.2 Å². The first kappa shape index (κ1) is 33.9. The largest absolute Gasteiger partial charge is 0.488 e. The van der Waals surface area contributed by atoms with E-state index in [0.717, 1.165) is 49.9 Å². The molecule has 1 fully saturated rings. The predicted molar refractivity (Wildman–Crippen MR) is 164 cm³/mol. The van der Waals surface area contributed by atoms with E-state index in [-0.39, 0.29) is 49.2 Å². The molecule has 1 saturated carbocycles. The van der Waals surface area contributed by atoms with Crippen LogP contribution in [0.3, 0.4) is 0 Å². The summed E-state index contributed by atoms with van der Waals surface area (Å²) in [7, 11) is 1.71. The van der Waals surface area contributed by atoms with E-state index >= 15 is 0 Å². The van der Waals surface area contributed by atoms with Gasteiger partial charge in [0.1, 0.15) is 11.9 Å². The smallest absolute Gasteiger partial charge is 0.416 e. The van der Waals surface area contributed by atoms with Gasteiger partial charge in [0, 0.05) is 42.5 Å². The van der Waals surface area contributed by atoms with Gasteiger partial charge in [0.25, 0.3) is 0 Å². The van der Waals surface area contributed by atoms with Gasteiger partial charge in [-0.15, -0.1) is 0 Å². The monoisotopic (exact) mass is 633 g/mol. The van der Waals surface area contributed by atoms with Crippen LogP contribution in [0.1, 0.15) is 57.1 Å². The first-order valence-corrected chi connectivity index (χ1v) is 15.3. The number of amides is 5. The Morgan fingerprint density at radius 3 is 2.36 bits per heavy atom. The highest BCUT2D eigenvalue weighted by Crippen LogP contribution is 2.31. The fourth-order valence-electron chi connectivity index (χ4n) is 5.65. The van der Waals surface area contributed by atoms with Gasteiger partial charge < -0.3 is 35.6 Å². The molecule has 5 amide bonds. The number of urea groups is 2. The van der Waals surface area contributed by atoms with Crippen molar-refractivity contribution in [3.63, 3.8) is 0 Å². The van der Waals surface area contributed by atoms with E-state index in [9.17, 15) is 32.7 Å². The normalized spacial score (nSPS) is 20.1. The van der Waals surface area contributed by atoms with E-state index in [2.05, 4.69) is 16.0 Å². The molecule has 0 saturated heterocycles. The van der Waals surface area contributed by atoms with Gasteiger partial charge >= 0.3 is 18.2 Å². The van der Waals surface area contributed by atoms with Crippen LogP contribution in [-0.4, -0.2) is 77.8 Å². The molecular formula is C32H42F3N5O5. The average Bonchev–Trinajstić information content (AvgIpc) is 3.04. The van der Waals surface area contributed by atoms with Gasteiger partial charge in [0.2, 0.25) is 5.91 Å². The van der Waals surface area contributed by atoms with Crippen molar-refractivity contribution >= 4 is 29.3 Å². The second-order valence-corrected chi connectivity index (χ2v) is 12.0. The summed E-state index contributed by atoms with van der Waals surface area (Å²) in [6.07, 6.45) is 0.231. The lowest BCUT2D eigenvalue weighted by molar-refractivity contribution is -0.137. The number of alkyl halides is 3. The topological polar surface area (TPSA) is 123 Å². The van der Waals surface area contributed by atoms with Gasteiger partial charge in [-0.1, -0.05) is 26.2 Å². The van der Waals surface area contributed by atoms with Gasteiger partial charge in [-0.05, 0) is 62.2 Å². The molecule has 0 radical (unpaired) electrons. The zero-order valence-corrected chi connectivity index (χ0v) is 25.8. The minimum atomic E-state index is -4.49. The molecule has 2 aromatic carbocycles. The number of ether oxygens (including phenoxy) is 1. The lowest BCUT2D eigenvalue weighted by atomic mass is 9.96. The number of benzene rings is 2. The summed E-state index contributed by atoms with van der Waals surface area (Å²) in [5.74, 6) is -0.0108. The molecule has 0 bridgehead atoms. The molecule has 2 aromatic rings. The number of rotatable bonds is 7. The fourth-order valence-corrected chi connectivity index (χ4v) is 5.65. The third-order valence-corrected chi connectivity index (χ3v) is 8.38. The number of nitrogens with one attached hydrogen (secondary N) is 3. The number of hydrogen-bond acceptors (Lipinski definition) is 5. The molecule has 3 atom stereocenters. The van der Waals surface area contributed by atoms with E-state index in [0.29, 0.717) is 23.5 Å². The Morgan fingerprint density at radius 1 is 1.07 bits per heavy atom. The number of carbonyl (C=O) groups is 3. The van der Waals surface area contributed by atoms with E-state index in [1.807, 2.05) is 6.92 Å². The molecule has 4 rings (SSSR count). The Balaban J connectivity index is 1.51. The maximum Gasteiger partial charge on any atom is 0.416 e. The highest BCUT2D eigenvalue weighted by atomic mass is 19.4. The molecule has 0 spiro atoms. The minimum absolute atomic E-state index is 0.0623. The summed E-state index contributed by atoms with van der Waals surface area (Å²) >= 11 is 0. The van der Waals surface area contributed by atoms with Gasteiger partial charge in [0.05, 0.1) is 31.2 Å². The van der Waals surface area contributed by atoms with Gasteiger partial charge in [0.15, 0.2) is 0 Å². The summed E-state index contributed by atoms with van der Waals surface area (Å²) in [5.41, 5.74) is 0.174. The van der Waals surface area contributed by atoms with Crippen molar-refractivity contribution in [3.8, 4) is 5.75 Å². The summed E-state index contributed by atoms with van der Waals surface area (Å²) in [5, 5.41) is 18.1. The van der Waals surface area contributed by atoms with Crippen LogP contribution in [0, 0.1) is 5.92 Å². The van der Waals surface area contributed by atoms with Crippen LogP contribution in [0.15, 0.2) is 42.5 Å². The van der Waals surface area contributed by atoms with Crippen molar-refractivity contribution in [1.82, 2.24) is 15.1 Å². The average molecular weight is 634 g/mol. The van der Waals surface area contributed by atoms with Crippen molar-refractivity contribution in [1.29, 1.82) is 0 Å². The highest BCUT2D eigenvalue weighted by molar-refractivity contribution is 6.00. The molecule has 246 valence electrons. The molecule has 1 aliphatic carbocycles. The van der Waals surface area contributed by atoms with E-state index < -0.39 is 29.9 Å². The van der Waals surface area contributed by atoms with Gasteiger partial charge in [-0.3, -0.25) is 4.79 Å². The van der Waals surface area contributed by atoms with Crippen LogP contribution in [0.4, 0.5) is 34.1 Å². The van der Waals surface area contributed by atoms with Crippen LogP contribution in [0.5, 0.6) is 5.75 Å². The van der Waals surface area contributed by atoms with Crippen LogP contribution in [0.2, 0.25) is 0 Å². The zero-order chi connectivity index (χ0) is 32.7. The number of nitrogens with zero attached hydrogens (tertiary/aromatic N) is 2. The summed E-state index contributed by atoms with van der Waals surface area (Å²) in [6, 6.07) is 7.74. The lowest BCUT2D eigenvalue weighted by Crippen LogP contribution is -2.50. The van der Waals surface area contributed by atoms with Crippen molar-refractivity contribution < 1.29 is 37.4 Å². The maximum atomic E-state index is 13.5. The number of hydrogen-bond donors (Lipinski definition) is 4. The van der Waals surface area contributed by atoms with E-state index in [4.69, 9.17) is 4.74 Å². The first-order valence-electron chi connectivity index (χ1n) is 15.3. The third kappa shape index (κ3) is 9.25. The standard InChI is InChI=1S/C32H42F3N5O5/c1-20-17-40(21(2)19-41)29(42)16-22-15-26(37-30(43)36-25-11-9-23(10-12-25)32(33,34)35)13-14-27(22)45-28(20)18-39(3)31(44)38-24-7-5-4-6-8-24/h9-15,20-21,24,28,41H,4-8,16-19H2,1-3H3,(H,38,44)(H2,36,37,43)/t20-,21-,28+/m1/s1. The lowest BCUT2D eigenvalue weighted by Gasteiger charge is -2.34. The van der Waals surface area contributed by atoms with Crippen molar-refractivity contribution in [2.45, 2.75) is 76.7 Å². The molecule has 13 heteroatoms. The molecule has 0 aromatic heterocycles. The second kappa shape index (κ2) is 14.9. The molecule has 1 aliphatic heterocycles. The number of aliphatic hydroxyl groups excluding tert-OH is 1. The SMILES string of the molecule is C[C@@H]1CN([C@H](C)CO)C(=O)Cc2cc(NC(=O)Nc3ccc(C(F)(F)F)cc3)ccc2O[C@H]1CN(C)C(=O)NC1CCCCC1. The zero-order valence-electron chi connectivity index (χ0n) is 25.8. The Bertz CT molecular complexity index is 1330. The summed E-state index contributed by atoms with van der Waals surface area (Å²) in [6.45, 7) is 4.02. The summed E-state index contributed by atoms with van der Waals surface area (Å²) in [4.78, 5) is 42.4. The Labute approximate surface area is 261 Å². The number of halogens is 3. The molecule has 4 N–H and O–H groups in total. The van der Waals surface area contributed by atoms with Gasteiger partial charge in [-0.25, -0.2) is 9.59 Å². The minimum Gasteiger partial charge on any atom is -0.488 e. The van der Waals surface area contributed by atoms with Crippen LogP contribution in [-0.2, 0) is 17.4 Å². The molecule has 45 heavy (non-hydrogen) atoms. The number of fused-ring (bicyclic) bond motifs is 1. The highest BCUT2D eigenvalue weighted by Gasteiger charge is 2.33. The first-order chi connectivity index (χ1) is 21.3. The van der Waals surface area contributed by atoms with E-state index in [1.54, 1.807) is 42.0 Å². The van der Waals surface area contributed by atoms with Crippen LogP contribution in [0.25, 0.3) is 0 Å². The van der Waals surface area contributed by atoms with Crippen LogP contribution >= 0.6 is 0 Å². The third-order valence-electron chi connectivity index (χ3n) is 8.38. The van der Waals surface area contributed by atoms with E-state index in [1.165, 1.54) is 6.42 Å². The van der Waals surface area contributed by atoms with Crippen molar-refractivity contribution in [2.75, 3.05) is 37.4 Å². The second-order valence-electron chi connectivity index (χ2n) is 12.0. The molecule has 1 heterocycles. The number of anilines is 2. The molecular weight excluding hydrogens is 591 g/mol. The number of likely N-dealkylation sites (N-methyl/N-ethyl adjacent to an activating group) is 1. The summed E-state index contributed by atoms with van der Waals surface area (Å²) < 4.78 is 45.1. The van der Waals surface area contributed by atoms with Crippen LogP contribution < -0.4 is 20.7 Å². The van der Waals surface area contributed by atoms with Crippen molar-refractivity contribution in [3.05, 3.63) is 53.6 Å². The Kier molecular flexibility index (Phi) is 11.2. The predicted octanol–water partition coefficient (Wildman–Crippen LogP) is 5.47. The fraction of sp³-hybridized carbons (Fsp3) is 0.531. The Hall–Kier alpha value is -4.00. The molecule has 0 unspecified atom stereocenters.